The van der Waals surface area contributed by atoms with Gasteiger partial charge < -0.3 is 4.74 Å². The van der Waals surface area contributed by atoms with Crippen LogP contribution in [0.5, 0.6) is 5.75 Å². The maximum absolute atomic E-state index is 5.79. The Kier molecular flexibility index (Phi) is 5.48. The largest absolute Gasteiger partial charge is 0.457 e. The van der Waals surface area contributed by atoms with Gasteiger partial charge in [-0.2, -0.15) is 0 Å². The Morgan fingerprint density at radius 3 is 2.50 bits per heavy atom. The maximum atomic E-state index is 5.79. The number of para-hydroxylation sites is 1. The van der Waals surface area contributed by atoms with E-state index in [4.69, 9.17) is 9.72 Å². The Bertz CT molecular complexity index is 1260. The van der Waals surface area contributed by atoms with Gasteiger partial charge in [-0.15, -0.1) is 0 Å². The molecule has 0 unspecified atom stereocenters. The molecule has 0 aliphatic heterocycles. The van der Waals surface area contributed by atoms with E-state index in [1.807, 2.05) is 73.8 Å². The zero-order chi connectivity index (χ0) is 20.9. The summed E-state index contributed by atoms with van der Waals surface area (Å²) in [6.07, 6.45) is 6.91. The third-order valence-corrected chi connectivity index (χ3v) is 4.66. The molecule has 0 amide bonds. The van der Waals surface area contributed by atoms with Crippen LogP contribution in [-0.4, -0.2) is 15.0 Å². The molecule has 0 bridgehead atoms. The zero-order valence-corrected chi connectivity index (χ0v) is 16.7. The molecule has 2 heterocycles. The minimum atomic E-state index is 0.611. The number of ether oxygens (including phenoxy) is 1. The number of allylic oxidation sites excluding steroid dienone is 3. The van der Waals surface area contributed by atoms with E-state index < -0.39 is 0 Å². The highest BCUT2D eigenvalue weighted by molar-refractivity contribution is 5.79. The molecule has 0 aliphatic carbocycles. The lowest BCUT2D eigenvalue weighted by molar-refractivity contribution is 0.445. The van der Waals surface area contributed by atoms with Gasteiger partial charge in [0.15, 0.2) is 5.82 Å². The first kappa shape index (κ1) is 19.3. The number of aromatic nitrogens is 3. The molecule has 0 spiro atoms. The van der Waals surface area contributed by atoms with Crippen LogP contribution in [0.15, 0.2) is 104 Å². The van der Waals surface area contributed by atoms with Gasteiger partial charge in [0.05, 0.1) is 11.2 Å². The molecule has 0 N–H and O–H groups in total. The molecule has 4 rings (SSSR count). The average molecular weight is 391 g/mol. The summed E-state index contributed by atoms with van der Waals surface area (Å²) < 4.78 is 5.79. The molecule has 0 fully saturated rings. The van der Waals surface area contributed by atoms with Crippen LogP contribution in [0.3, 0.4) is 0 Å². The van der Waals surface area contributed by atoms with Crippen LogP contribution >= 0.6 is 0 Å². The summed E-state index contributed by atoms with van der Waals surface area (Å²) in [5.41, 5.74) is 4.60. The summed E-state index contributed by atoms with van der Waals surface area (Å²) in [6, 6.07) is 19.7. The predicted molar refractivity (Wildman–Crippen MR) is 122 cm³/mol. The highest BCUT2D eigenvalue weighted by atomic mass is 16.5. The van der Waals surface area contributed by atoms with Crippen molar-refractivity contribution >= 4 is 10.9 Å². The number of hydrogen-bond donors (Lipinski definition) is 0. The molecule has 146 valence electrons. The van der Waals surface area contributed by atoms with Gasteiger partial charge >= 0.3 is 0 Å². The zero-order valence-electron chi connectivity index (χ0n) is 16.7. The highest BCUT2D eigenvalue weighted by Crippen LogP contribution is 2.27. The summed E-state index contributed by atoms with van der Waals surface area (Å²) in [7, 11) is 0. The highest BCUT2D eigenvalue weighted by Gasteiger charge is 2.10. The van der Waals surface area contributed by atoms with Crippen molar-refractivity contribution in [2.75, 3.05) is 0 Å². The quantitative estimate of drug-likeness (QED) is 0.286. The number of hydrogen-bond acceptors (Lipinski definition) is 4. The van der Waals surface area contributed by atoms with Gasteiger partial charge in [0.2, 0.25) is 0 Å². The van der Waals surface area contributed by atoms with Crippen molar-refractivity contribution in [3.05, 3.63) is 110 Å². The molecule has 0 saturated carbocycles. The normalized spacial score (nSPS) is 11.3. The second-order valence-corrected chi connectivity index (χ2v) is 6.75. The van der Waals surface area contributed by atoms with Crippen molar-refractivity contribution in [2.24, 2.45) is 0 Å². The van der Waals surface area contributed by atoms with Crippen molar-refractivity contribution in [1.29, 1.82) is 0 Å². The topological polar surface area (TPSA) is 47.9 Å². The number of aryl methyl sites for hydroxylation is 1. The molecule has 2 aromatic heterocycles. The van der Waals surface area contributed by atoms with E-state index in [-0.39, 0.29) is 0 Å². The van der Waals surface area contributed by atoms with E-state index in [0.717, 1.165) is 39.2 Å². The molecule has 0 saturated heterocycles. The van der Waals surface area contributed by atoms with E-state index in [0.29, 0.717) is 11.6 Å². The lowest BCUT2D eigenvalue weighted by Crippen LogP contribution is -1.96. The Morgan fingerprint density at radius 2 is 1.73 bits per heavy atom. The Labute approximate surface area is 175 Å². The van der Waals surface area contributed by atoms with Crippen molar-refractivity contribution in [2.45, 2.75) is 6.92 Å². The second-order valence-electron chi connectivity index (χ2n) is 6.75. The molecule has 30 heavy (non-hydrogen) atoms. The standard InChI is InChI=1S/C26H21N3O/c1-4-8-21(5-2)30-22-14-12-19(13-15-22)25-18(3)11-16-24(28-25)26-27-17-20-9-6-7-10-23(20)29-26/h4-17H,1-2H2,3H3/b21-8+. The lowest BCUT2D eigenvalue weighted by Gasteiger charge is -2.10. The smallest absolute Gasteiger partial charge is 0.178 e. The van der Waals surface area contributed by atoms with Crippen LogP contribution in [0.1, 0.15) is 5.56 Å². The fourth-order valence-corrected chi connectivity index (χ4v) is 3.12. The van der Waals surface area contributed by atoms with Crippen LogP contribution in [0.4, 0.5) is 0 Å². The second kappa shape index (κ2) is 8.53. The first-order valence-electron chi connectivity index (χ1n) is 9.61. The van der Waals surface area contributed by atoms with Crippen molar-refractivity contribution in [3.8, 4) is 28.5 Å². The molecular formula is C26H21N3O. The van der Waals surface area contributed by atoms with Crippen molar-refractivity contribution < 1.29 is 4.74 Å². The number of rotatable bonds is 6. The number of nitrogens with zero attached hydrogens (tertiary/aromatic N) is 3. The van der Waals surface area contributed by atoms with Gasteiger partial charge in [-0.05, 0) is 61.0 Å². The van der Waals surface area contributed by atoms with Crippen LogP contribution in [-0.2, 0) is 0 Å². The first-order valence-corrected chi connectivity index (χ1v) is 9.61. The van der Waals surface area contributed by atoms with Gasteiger partial charge in [0.25, 0.3) is 0 Å². The van der Waals surface area contributed by atoms with E-state index in [1.165, 1.54) is 0 Å². The minimum Gasteiger partial charge on any atom is -0.457 e. The third kappa shape index (κ3) is 4.03. The van der Waals surface area contributed by atoms with Crippen LogP contribution < -0.4 is 4.74 Å². The van der Waals surface area contributed by atoms with E-state index in [2.05, 4.69) is 23.1 Å². The van der Waals surface area contributed by atoms with Gasteiger partial charge in [0, 0.05) is 17.1 Å². The Morgan fingerprint density at radius 1 is 0.933 bits per heavy atom. The molecule has 4 nitrogen and oxygen atoms in total. The monoisotopic (exact) mass is 391 g/mol. The minimum absolute atomic E-state index is 0.611. The average Bonchev–Trinajstić information content (AvgIpc) is 2.79. The molecule has 0 radical (unpaired) electrons. The molecular weight excluding hydrogens is 370 g/mol. The number of benzene rings is 2. The fraction of sp³-hybridized carbons (Fsp3) is 0.0385. The SMILES string of the molecule is C=C/C=C(\C=C)Oc1ccc(-c2nc(-c3ncc4ccccc4n3)ccc2C)cc1. The molecule has 0 atom stereocenters. The predicted octanol–water partition coefficient (Wildman–Crippen LogP) is 6.30. The van der Waals surface area contributed by atoms with E-state index in [9.17, 15) is 0 Å². The van der Waals surface area contributed by atoms with Crippen LogP contribution in [0, 0.1) is 6.92 Å². The molecule has 0 aliphatic rings. The summed E-state index contributed by atoms with van der Waals surface area (Å²) in [5.74, 6) is 1.97. The Balaban J connectivity index is 1.67. The number of pyridine rings is 1. The Hall–Kier alpha value is -4.05. The summed E-state index contributed by atoms with van der Waals surface area (Å²) in [4.78, 5) is 14.0. The van der Waals surface area contributed by atoms with Gasteiger partial charge in [0.1, 0.15) is 17.2 Å². The first-order chi connectivity index (χ1) is 14.7. The summed E-state index contributed by atoms with van der Waals surface area (Å²) in [6.45, 7) is 9.47. The van der Waals surface area contributed by atoms with Crippen molar-refractivity contribution in [1.82, 2.24) is 15.0 Å². The third-order valence-electron chi connectivity index (χ3n) is 4.66. The van der Waals surface area contributed by atoms with Gasteiger partial charge in [-0.3, -0.25) is 0 Å². The van der Waals surface area contributed by atoms with Gasteiger partial charge in [-0.25, -0.2) is 15.0 Å². The molecule has 4 heteroatoms. The number of fused-ring (bicyclic) bond motifs is 1. The van der Waals surface area contributed by atoms with Crippen molar-refractivity contribution in [3.63, 3.8) is 0 Å². The van der Waals surface area contributed by atoms with E-state index >= 15 is 0 Å². The van der Waals surface area contributed by atoms with Gasteiger partial charge in [-0.1, -0.05) is 43.5 Å². The molecule has 2 aromatic carbocycles. The summed E-state index contributed by atoms with van der Waals surface area (Å²) in [5, 5.41) is 1.01. The van der Waals surface area contributed by atoms with Crippen LogP contribution in [0.2, 0.25) is 0 Å². The van der Waals surface area contributed by atoms with Crippen LogP contribution in [0.25, 0.3) is 33.7 Å². The summed E-state index contributed by atoms with van der Waals surface area (Å²) >= 11 is 0. The fourth-order valence-electron chi connectivity index (χ4n) is 3.12. The lowest BCUT2D eigenvalue weighted by atomic mass is 10.1. The maximum Gasteiger partial charge on any atom is 0.178 e. The van der Waals surface area contributed by atoms with E-state index in [1.54, 1.807) is 18.2 Å². The molecule has 4 aromatic rings.